The lowest BCUT2D eigenvalue weighted by Crippen LogP contribution is -2.36. The quantitative estimate of drug-likeness (QED) is 0.289. The second-order valence-electron chi connectivity index (χ2n) is 2.26. The van der Waals surface area contributed by atoms with E-state index in [4.69, 9.17) is 12.3 Å². The van der Waals surface area contributed by atoms with Crippen LogP contribution in [0.5, 0.6) is 0 Å². The summed E-state index contributed by atoms with van der Waals surface area (Å²) >= 11 is 0. The predicted octanol–water partition coefficient (Wildman–Crippen LogP) is -0.432. The van der Waals surface area contributed by atoms with Gasteiger partial charge in [-0.05, 0) is 0 Å². The molecule has 58 valence electrons. The van der Waals surface area contributed by atoms with Gasteiger partial charge in [-0.25, -0.2) is 0 Å². The van der Waals surface area contributed by atoms with Crippen LogP contribution in [-0.2, 0) is 0 Å². The van der Waals surface area contributed by atoms with E-state index in [0.717, 1.165) is 0 Å². The zero-order valence-electron chi connectivity index (χ0n) is 6.36. The van der Waals surface area contributed by atoms with E-state index in [1.54, 1.807) is 11.1 Å². The van der Waals surface area contributed by atoms with E-state index in [1.165, 1.54) is 0 Å². The van der Waals surface area contributed by atoms with Gasteiger partial charge in [0.25, 0.3) is 0 Å². The van der Waals surface area contributed by atoms with Crippen molar-refractivity contribution in [3.8, 4) is 12.5 Å². The maximum atomic E-state index is 5.18. The Morgan fingerprint density at radius 3 is 3.00 bits per heavy atom. The van der Waals surface area contributed by atoms with Crippen LogP contribution in [-0.4, -0.2) is 29.2 Å². The van der Waals surface area contributed by atoms with Crippen molar-refractivity contribution in [1.82, 2.24) is 9.80 Å². The first-order chi connectivity index (χ1) is 5.27. The number of nitrogens with two attached hydrogens (primary N) is 1. The van der Waals surface area contributed by atoms with E-state index in [9.17, 15) is 0 Å². The highest BCUT2D eigenvalue weighted by Gasteiger charge is 2.11. The molecule has 4 nitrogen and oxygen atoms in total. The highest BCUT2D eigenvalue weighted by atomic mass is 15.3. The molecule has 1 aliphatic heterocycles. The molecule has 0 spiro atoms. The number of likely N-dealkylation sites (N-methyl/N-ethyl adjacent to an activating group) is 1. The molecule has 0 aromatic carbocycles. The van der Waals surface area contributed by atoms with Gasteiger partial charge in [0.1, 0.15) is 0 Å². The number of terminal acetylenes is 1. The van der Waals surface area contributed by atoms with Crippen molar-refractivity contribution in [2.45, 2.75) is 0 Å². The molecule has 0 aliphatic carbocycles. The van der Waals surface area contributed by atoms with Crippen molar-refractivity contribution >= 4 is 5.84 Å². The zero-order chi connectivity index (χ0) is 8.27. The number of rotatable bonds is 0. The highest BCUT2D eigenvalue weighted by Crippen LogP contribution is 2.01. The molecule has 0 unspecified atom stereocenters. The third-order valence-corrected chi connectivity index (χ3v) is 1.43. The Morgan fingerprint density at radius 1 is 1.73 bits per heavy atom. The summed E-state index contributed by atoms with van der Waals surface area (Å²) < 4.78 is 0. The minimum Gasteiger partial charge on any atom is -0.372 e. The summed E-state index contributed by atoms with van der Waals surface area (Å²) in [5.41, 5.74) is 0. The maximum absolute atomic E-state index is 5.18. The lowest BCUT2D eigenvalue weighted by molar-refractivity contribution is 0.475. The molecule has 1 rings (SSSR count). The third kappa shape index (κ3) is 1.44. The van der Waals surface area contributed by atoms with E-state index in [-0.39, 0.29) is 0 Å². The summed E-state index contributed by atoms with van der Waals surface area (Å²) in [6.45, 7) is 0.650. The molecular formula is C7H10N4. The van der Waals surface area contributed by atoms with Crippen molar-refractivity contribution in [2.75, 3.05) is 13.6 Å². The molecule has 0 aromatic heterocycles. The first-order valence-electron chi connectivity index (χ1n) is 3.18. The van der Waals surface area contributed by atoms with Crippen molar-refractivity contribution < 1.29 is 0 Å². The van der Waals surface area contributed by atoms with Gasteiger partial charge in [0.2, 0.25) is 0 Å². The molecule has 0 fully saturated rings. The third-order valence-electron chi connectivity index (χ3n) is 1.43. The van der Waals surface area contributed by atoms with E-state index >= 15 is 0 Å². The van der Waals surface area contributed by atoms with Crippen LogP contribution in [0.25, 0.3) is 0 Å². The Bertz CT molecular complexity index is 235. The van der Waals surface area contributed by atoms with Crippen LogP contribution in [0, 0.1) is 12.5 Å². The Labute approximate surface area is 66.0 Å². The van der Waals surface area contributed by atoms with Gasteiger partial charge in [-0.3, -0.25) is 4.90 Å². The number of hydrogen-bond acceptors (Lipinski definition) is 3. The molecule has 1 heterocycles. The molecule has 0 saturated heterocycles. The zero-order valence-corrected chi connectivity index (χ0v) is 6.36. The van der Waals surface area contributed by atoms with E-state index in [2.05, 4.69) is 11.1 Å². The van der Waals surface area contributed by atoms with Gasteiger partial charge < -0.3 is 10.7 Å². The Morgan fingerprint density at radius 2 is 2.45 bits per heavy atom. The van der Waals surface area contributed by atoms with Gasteiger partial charge in [-0.2, -0.15) is 5.10 Å². The van der Waals surface area contributed by atoms with Gasteiger partial charge in [-0.1, -0.05) is 6.42 Å². The summed E-state index contributed by atoms with van der Waals surface area (Å²) in [7, 11) is 1.93. The van der Waals surface area contributed by atoms with Gasteiger partial charge in [0.15, 0.2) is 5.84 Å². The minimum absolute atomic E-state index is 0.650. The summed E-state index contributed by atoms with van der Waals surface area (Å²) in [6, 6.07) is 2.43. The number of amidine groups is 1. The fourth-order valence-corrected chi connectivity index (χ4v) is 0.839. The van der Waals surface area contributed by atoms with Gasteiger partial charge in [-0.15, -0.1) is 0 Å². The lowest BCUT2D eigenvalue weighted by atomic mass is 10.4. The second kappa shape index (κ2) is 2.97. The number of hydrogen-bond donors (Lipinski definition) is 1. The first-order valence-corrected chi connectivity index (χ1v) is 3.18. The standard InChI is InChI=1S/C7H10N4/c1-3-11-5-4-10(2)6-7(11)9-8/h1,4-5H,6,8H2,2H3/b9-7-. The van der Waals surface area contributed by atoms with Gasteiger partial charge >= 0.3 is 0 Å². The topological polar surface area (TPSA) is 44.9 Å². The Balaban J connectivity index is 2.82. The smallest absolute Gasteiger partial charge is 0.159 e. The molecule has 1 aliphatic rings. The Kier molecular flexibility index (Phi) is 2.02. The largest absolute Gasteiger partial charge is 0.372 e. The summed E-state index contributed by atoms with van der Waals surface area (Å²) in [4.78, 5) is 3.50. The fraction of sp³-hybridized carbons (Fsp3) is 0.286. The van der Waals surface area contributed by atoms with Crippen molar-refractivity contribution in [2.24, 2.45) is 10.9 Å². The average molecular weight is 150 g/mol. The van der Waals surface area contributed by atoms with Crippen molar-refractivity contribution in [3.05, 3.63) is 12.4 Å². The molecule has 2 N–H and O–H groups in total. The van der Waals surface area contributed by atoms with Crippen molar-refractivity contribution in [3.63, 3.8) is 0 Å². The lowest BCUT2D eigenvalue weighted by Gasteiger charge is -2.25. The van der Waals surface area contributed by atoms with Crippen LogP contribution in [0.4, 0.5) is 0 Å². The monoisotopic (exact) mass is 150 g/mol. The van der Waals surface area contributed by atoms with E-state index in [0.29, 0.717) is 12.4 Å². The van der Waals surface area contributed by atoms with Crippen LogP contribution >= 0.6 is 0 Å². The molecule has 4 heteroatoms. The van der Waals surface area contributed by atoms with E-state index in [1.807, 2.05) is 18.1 Å². The van der Waals surface area contributed by atoms with Crippen LogP contribution in [0.3, 0.4) is 0 Å². The maximum Gasteiger partial charge on any atom is 0.159 e. The number of hydrazone groups is 1. The van der Waals surface area contributed by atoms with Crippen LogP contribution in [0.15, 0.2) is 17.5 Å². The van der Waals surface area contributed by atoms with Crippen LogP contribution < -0.4 is 5.84 Å². The average Bonchev–Trinajstić information content (AvgIpc) is 2.04. The highest BCUT2D eigenvalue weighted by molar-refractivity contribution is 5.87. The second-order valence-corrected chi connectivity index (χ2v) is 2.26. The fourth-order valence-electron chi connectivity index (χ4n) is 0.839. The minimum atomic E-state index is 0.650. The summed E-state index contributed by atoms with van der Waals surface area (Å²) in [5.74, 6) is 5.80. The molecule has 0 bridgehead atoms. The molecule has 0 aromatic rings. The van der Waals surface area contributed by atoms with Gasteiger partial charge in [0, 0.05) is 25.5 Å². The predicted molar refractivity (Wildman–Crippen MR) is 44.1 cm³/mol. The summed E-state index contributed by atoms with van der Waals surface area (Å²) in [5, 5.41) is 3.56. The molecule has 0 radical (unpaired) electrons. The Hall–Kier alpha value is -1.63. The molecule has 0 saturated carbocycles. The SMILES string of the molecule is C#CN1C=CN(C)C/C1=N/N. The van der Waals surface area contributed by atoms with Crippen LogP contribution in [0.1, 0.15) is 0 Å². The van der Waals surface area contributed by atoms with Crippen LogP contribution in [0.2, 0.25) is 0 Å². The normalized spacial score (nSPS) is 20.5. The summed E-state index contributed by atoms with van der Waals surface area (Å²) in [6.07, 6.45) is 8.80. The molecular weight excluding hydrogens is 140 g/mol. The molecule has 0 amide bonds. The molecule has 11 heavy (non-hydrogen) atoms. The number of nitrogens with zero attached hydrogens (tertiary/aromatic N) is 3. The van der Waals surface area contributed by atoms with Crippen molar-refractivity contribution in [1.29, 1.82) is 0 Å². The molecule has 0 atom stereocenters. The first kappa shape index (κ1) is 7.48. The van der Waals surface area contributed by atoms with E-state index < -0.39 is 0 Å². The van der Waals surface area contributed by atoms with Gasteiger partial charge in [0.05, 0.1) is 6.54 Å².